The Morgan fingerprint density at radius 3 is 2.39 bits per heavy atom. The van der Waals surface area contributed by atoms with Gasteiger partial charge in [0.15, 0.2) is 17.3 Å². The second kappa shape index (κ2) is 20.1. The van der Waals surface area contributed by atoms with E-state index in [9.17, 15) is 24.1 Å². The Kier molecular flexibility index (Phi) is 14.2. The SMILES string of the molecule is N#Cc1ccc(O[C@H]2CC[C@H](NC(=O)c3ccc(N4CCC5(CC4)CN(CC4CCN(c6ccc(C(=O)CC(CCC7CCC(=O)NC7=O)N=O)cc6F)CC4)C5)nn3)CC2)cc1Cl. The number of anilines is 2. The molecule has 3 aromatic rings. The molecule has 4 saturated heterocycles. The number of carbonyl (C=O) groups is 4. The molecule has 0 radical (unpaired) electrons. The van der Waals surface area contributed by atoms with Crippen molar-refractivity contribution in [2.75, 3.05) is 55.6 Å². The summed E-state index contributed by atoms with van der Waals surface area (Å²) in [6.45, 7) is 6.43. The first-order valence-electron chi connectivity index (χ1n) is 22.7. The maximum Gasteiger partial charge on any atom is 0.272 e. The molecule has 5 heterocycles. The number of halogens is 2. The molecular formula is C47H55ClFN9O6. The second-order valence-corrected chi connectivity index (χ2v) is 18.9. The fourth-order valence-corrected chi connectivity index (χ4v) is 10.4. The van der Waals surface area contributed by atoms with Crippen LogP contribution in [0.4, 0.5) is 15.9 Å². The van der Waals surface area contributed by atoms with E-state index >= 15 is 4.39 Å². The van der Waals surface area contributed by atoms with Crippen molar-refractivity contribution in [3.63, 3.8) is 0 Å². The standard InChI is InChI=1S/C47H55ClFN9O6/c48-38-25-37(8-2-33(38)26-50)64-36-9-6-34(7-10-36)51-46(62)40-11-13-43(54-53-40)58-21-17-47(18-22-58)28-56(29-47)27-30-15-19-57(20-16-30)41-12-3-32(23-39(41)49)42(59)24-35(55-63)5-1-31-4-14-44(60)52-45(31)61/h2-3,8,11-13,23,25,30-31,34-36H,1,4-7,9-10,14-22,24,27-29H2,(H,51,62)(H,52,60,61)/t31?,34-,35?,36-. The summed E-state index contributed by atoms with van der Waals surface area (Å²) in [4.78, 5) is 67.9. The zero-order chi connectivity index (χ0) is 44.8. The maximum absolute atomic E-state index is 15.4. The summed E-state index contributed by atoms with van der Waals surface area (Å²) in [5, 5.41) is 26.7. The number of piperidine rings is 3. The number of Topliss-reactive ketones (excluding diaryl/α,β-unsaturated/α-hetero) is 1. The molecule has 17 heteroatoms. The van der Waals surface area contributed by atoms with Crippen LogP contribution in [-0.2, 0) is 9.59 Å². The Morgan fingerprint density at radius 2 is 1.73 bits per heavy atom. The van der Waals surface area contributed by atoms with Gasteiger partial charge in [0.25, 0.3) is 5.91 Å². The molecule has 3 amide bonds. The molecule has 5 fully saturated rings. The van der Waals surface area contributed by atoms with Gasteiger partial charge in [-0.25, -0.2) is 4.39 Å². The van der Waals surface area contributed by atoms with Crippen molar-refractivity contribution in [1.82, 2.24) is 25.7 Å². The molecule has 15 nitrogen and oxygen atoms in total. The topological polar surface area (TPSA) is 190 Å². The summed E-state index contributed by atoms with van der Waals surface area (Å²) in [5.41, 5.74) is 1.70. The van der Waals surface area contributed by atoms with E-state index in [1.54, 1.807) is 36.4 Å². The van der Waals surface area contributed by atoms with Crippen LogP contribution in [0, 0.1) is 39.3 Å². The van der Waals surface area contributed by atoms with E-state index in [4.69, 9.17) is 21.6 Å². The first-order valence-corrected chi connectivity index (χ1v) is 23.1. The van der Waals surface area contributed by atoms with Crippen LogP contribution in [0.3, 0.4) is 0 Å². The number of hydrogen-bond donors (Lipinski definition) is 2. The number of amides is 3. The lowest BCUT2D eigenvalue weighted by molar-refractivity contribution is -0.136. The first kappa shape index (κ1) is 45.1. The van der Waals surface area contributed by atoms with E-state index < -0.39 is 17.8 Å². The van der Waals surface area contributed by atoms with Crippen molar-refractivity contribution < 1.29 is 28.3 Å². The van der Waals surface area contributed by atoms with Crippen LogP contribution in [0.25, 0.3) is 0 Å². The minimum atomic E-state index is -0.829. The number of rotatable bonds is 15. The van der Waals surface area contributed by atoms with Crippen LogP contribution in [0.15, 0.2) is 53.7 Å². The Hall–Kier alpha value is -5.53. The third-order valence-electron chi connectivity index (χ3n) is 14.0. The van der Waals surface area contributed by atoms with Crippen molar-refractivity contribution in [1.29, 1.82) is 5.26 Å². The quantitative estimate of drug-likeness (QED) is 0.0944. The van der Waals surface area contributed by atoms with E-state index in [0.29, 0.717) is 51.9 Å². The zero-order valence-electron chi connectivity index (χ0n) is 36.0. The number of nitroso groups, excluding NO2 is 1. The average molecular weight is 896 g/mol. The largest absolute Gasteiger partial charge is 0.490 e. The number of carbonyl (C=O) groups excluding carboxylic acids is 4. The molecule has 1 spiro atoms. The van der Waals surface area contributed by atoms with E-state index in [-0.39, 0.29) is 60.5 Å². The molecule has 2 unspecified atom stereocenters. The lowest BCUT2D eigenvalue weighted by atomic mass is 9.71. The van der Waals surface area contributed by atoms with Crippen LogP contribution >= 0.6 is 11.6 Å². The average Bonchev–Trinajstić information content (AvgIpc) is 3.29. The lowest BCUT2D eigenvalue weighted by Crippen LogP contribution is -2.61. The third kappa shape index (κ3) is 10.9. The molecule has 338 valence electrons. The van der Waals surface area contributed by atoms with Gasteiger partial charge in [0.1, 0.15) is 17.6 Å². The minimum absolute atomic E-state index is 0.0175. The normalized spacial score (nSPS) is 23.1. The summed E-state index contributed by atoms with van der Waals surface area (Å²) >= 11 is 6.15. The number of aromatic nitrogens is 2. The smallest absolute Gasteiger partial charge is 0.272 e. The summed E-state index contributed by atoms with van der Waals surface area (Å²) in [6, 6.07) is 14.5. The van der Waals surface area contributed by atoms with Crippen LogP contribution in [0.1, 0.15) is 110 Å². The van der Waals surface area contributed by atoms with Crippen molar-refractivity contribution in [3.8, 4) is 11.8 Å². The summed E-state index contributed by atoms with van der Waals surface area (Å²) in [5.74, 6) is -0.152. The van der Waals surface area contributed by atoms with E-state index in [0.717, 1.165) is 103 Å². The molecular weight excluding hydrogens is 841 g/mol. The van der Waals surface area contributed by atoms with Crippen molar-refractivity contribution in [3.05, 3.63) is 81.1 Å². The van der Waals surface area contributed by atoms with Crippen LogP contribution < -0.4 is 25.2 Å². The van der Waals surface area contributed by atoms with Gasteiger partial charge in [-0.15, -0.1) is 10.2 Å². The molecule has 2 aromatic carbocycles. The van der Waals surface area contributed by atoms with Gasteiger partial charge in [-0.1, -0.05) is 16.8 Å². The van der Waals surface area contributed by atoms with E-state index in [2.05, 4.69) is 41.9 Å². The minimum Gasteiger partial charge on any atom is -0.490 e. The molecule has 2 atom stereocenters. The monoisotopic (exact) mass is 895 g/mol. The van der Waals surface area contributed by atoms with Gasteiger partial charge in [-0.2, -0.15) is 10.2 Å². The highest BCUT2D eigenvalue weighted by Gasteiger charge is 2.45. The molecule has 1 saturated carbocycles. The predicted octanol–water partition coefficient (Wildman–Crippen LogP) is 6.62. The molecule has 64 heavy (non-hydrogen) atoms. The Bertz CT molecular complexity index is 2240. The highest BCUT2D eigenvalue weighted by molar-refractivity contribution is 6.31. The molecule has 1 aliphatic carbocycles. The van der Waals surface area contributed by atoms with Crippen molar-refractivity contribution in [2.45, 2.75) is 102 Å². The van der Waals surface area contributed by atoms with Gasteiger partial charge in [0.05, 0.1) is 28.4 Å². The van der Waals surface area contributed by atoms with Gasteiger partial charge in [-0.05, 0) is 124 Å². The van der Waals surface area contributed by atoms with Crippen molar-refractivity contribution >= 4 is 46.6 Å². The fraction of sp³-hybridized carbons (Fsp3) is 0.553. The number of imide groups is 1. The second-order valence-electron chi connectivity index (χ2n) is 18.5. The van der Waals surface area contributed by atoms with Crippen molar-refractivity contribution in [2.24, 2.45) is 22.4 Å². The number of ether oxygens (including phenoxy) is 1. The van der Waals surface area contributed by atoms with E-state index in [1.165, 1.54) is 6.07 Å². The number of hydrogen-bond acceptors (Lipinski definition) is 13. The van der Waals surface area contributed by atoms with E-state index in [1.807, 2.05) is 11.0 Å². The molecule has 5 aliphatic rings. The van der Waals surface area contributed by atoms with Crippen LogP contribution in [-0.4, -0.2) is 103 Å². The molecule has 8 rings (SSSR count). The predicted molar refractivity (Wildman–Crippen MR) is 238 cm³/mol. The number of nitriles is 1. The molecule has 2 N–H and O–H groups in total. The Morgan fingerprint density at radius 1 is 0.969 bits per heavy atom. The Balaban J connectivity index is 0.712. The molecule has 0 bridgehead atoms. The number of nitrogens with zero attached hydrogens (tertiary/aromatic N) is 7. The van der Waals surface area contributed by atoms with Gasteiger partial charge in [0.2, 0.25) is 11.8 Å². The summed E-state index contributed by atoms with van der Waals surface area (Å²) in [6.07, 6.45) is 8.31. The number of likely N-dealkylation sites (tertiary alicyclic amines) is 1. The first-order chi connectivity index (χ1) is 31.0. The van der Waals surface area contributed by atoms with Gasteiger partial charge >= 0.3 is 0 Å². The number of ketones is 1. The third-order valence-corrected chi connectivity index (χ3v) is 14.3. The lowest BCUT2D eigenvalue weighted by Gasteiger charge is -2.55. The zero-order valence-corrected chi connectivity index (χ0v) is 36.7. The van der Waals surface area contributed by atoms with Crippen LogP contribution in [0.2, 0.25) is 5.02 Å². The number of benzene rings is 2. The maximum atomic E-state index is 15.4. The Labute approximate surface area is 377 Å². The molecule has 1 aromatic heterocycles. The van der Waals surface area contributed by atoms with Gasteiger partial charge < -0.3 is 24.8 Å². The van der Waals surface area contributed by atoms with Gasteiger partial charge in [0, 0.05) is 82.2 Å². The number of nitrogens with one attached hydrogen (secondary N) is 2. The summed E-state index contributed by atoms with van der Waals surface area (Å²) in [7, 11) is 0. The van der Waals surface area contributed by atoms with Gasteiger partial charge in [-0.3, -0.25) is 24.5 Å². The fourth-order valence-electron chi connectivity index (χ4n) is 10.2. The summed E-state index contributed by atoms with van der Waals surface area (Å²) < 4.78 is 21.5. The van der Waals surface area contributed by atoms with Crippen LogP contribution in [0.5, 0.6) is 5.75 Å². The highest BCUT2D eigenvalue weighted by Crippen LogP contribution is 2.42. The molecule has 4 aliphatic heterocycles. The highest BCUT2D eigenvalue weighted by atomic mass is 35.5.